The van der Waals surface area contributed by atoms with Crippen molar-refractivity contribution in [1.29, 1.82) is 0 Å². The monoisotopic (exact) mass is 434 g/mol. The molecule has 1 aliphatic rings. The summed E-state index contributed by atoms with van der Waals surface area (Å²) in [7, 11) is 1.66. The molecule has 31 heavy (non-hydrogen) atoms. The highest BCUT2D eigenvalue weighted by atomic mass is 32.1. The molecule has 1 atom stereocenters. The molecule has 4 rings (SSSR count). The summed E-state index contributed by atoms with van der Waals surface area (Å²) in [5.41, 5.74) is 4.29. The minimum atomic E-state index is -0.127. The summed E-state index contributed by atoms with van der Waals surface area (Å²) < 4.78 is 5.21. The maximum Gasteiger partial charge on any atom is 0.169 e. The van der Waals surface area contributed by atoms with Crippen molar-refractivity contribution in [3.8, 4) is 17.2 Å². The number of nitrogens with one attached hydrogen (secondary N) is 1. The molecular formula is C25H26N2O3S. The van der Waals surface area contributed by atoms with Crippen LogP contribution in [0.3, 0.4) is 0 Å². The fourth-order valence-electron chi connectivity index (χ4n) is 4.07. The molecule has 0 spiro atoms. The number of aromatic hydroxyl groups is 2. The Labute approximate surface area is 187 Å². The Morgan fingerprint density at radius 1 is 1.06 bits per heavy atom. The molecule has 5 nitrogen and oxygen atoms in total. The summed E-state index contributed by atoms with van der Waals surface area (Å²) in [6, 6.07) is 21.4. The van der Waals surface area contributed by atoms with Gasteiger partial charge in [-0.2, -0.15) is 0 Å². The largest absolute Gasteiger partial charge is 0.504 e. The second kappa shape index (κ2) is 9.27. The fourth-order valence-corrected chi connectivity index (χ4v) is 4.37. The third-order valence-corrected chi connectivity index (χ3v) is 6.07. The van der Waals surface area contributed by atoms with Crippen LogP contribution in [0.15, 0.2) is 66.7 Å². The summed E-state index contributed by atoms with van der Waals surface area (Å²) >= 11 is 5.78. The van der Waals surface area contributed by atoms with E-state index in [1.54, 1.807) is 19.2 Å². The number of phenols is 2. The van der Waals surface area contributed by atoms with Crippen LogP contribution >= 0.6 is 12.2 Å². The maximum absolute atomic E-state index is 10.1. The van der Waals surface area contributed by atoms with Gasteiger partial charge in [-0.3, -0.25) is 0 Å². The zero-order valence-corrected chi connectivity index (χ0v) is 18.2. The van der Waals surface area contributed by atoms with Crippen molar-refractivity contribution in [3.05, 3.63) is 89.0 Å². The highest BCUT2D eigenvalue weighted by molar-refractivity contribution is 7.80. The number of ether oxygens (including phenoxy) is 1. The Bertz CT molecular complexity index is 1050. The normalized spacial score (nSPS) is 15.3. The molecule has 0 aliphatic carbocycles. The van der Waals surface area contributed by atoms with E-state index < -0.39 is 0 Å². The first-order valence-electron chi connectivity index (χ1n) is 10.3. The van der Waals surface area contributed by atoms with Crippen LogP contribution in [0.2, 0.25) is 0 Å². The lowest BCUT2D eigenvalue weighted by Gasteiger charge is -2.39. The molecular weight excluding hydrogens is 408 g/mol. The van der Waals surface area contributed by atoms with Gasteiger partial charge >= 0.3 is 0 Å². The molecule has 0 fully saturated rings. The first kappa shape index (κ1) is 21.0. The second-order valence-corrected chi connectivity index (χ2v) is 8.01. The van der Waals surface area contributed by atoms with Crippen LogP contribution in [0.25, 0.3) is 0 Å². The van der Waals surface area contributed by atoms with Crippen LogP contribution in [0, 0.1) is 0 Å². The van der Waals surface area contributed by atoms with Crippen LogP contribution in [0.4, 0.5) is 0 Å². The molecule has 3 N–H and O–H groups in total. The van der Waals surface area contributed by atoms with Crippen LogP contribution in [0.5, 0.6) is 17.2 Å². The van der Waals surface area contributed by atoms with E-state index in [1.807, 2.05) is 30.3 Å². The van der Waals surface area contributed by atoms with Crippen molar-refractivity contribution in [2.75, 3.05) is 20.2 Å². The molecule has 6 heteroatoms. The molecule has 0 saturated heterocycles. The number of fused-ring (bicyclic) bond motifs is 1. The van der Waals surface area contributed by atoms with Gasteiger partial charge in [0.1, 0.15) is 5.75 Å². The smallest absolute Gasteiger partial charge is 0.169 e. The van der Waals surface area contributed by atoms with Gasteiger partial charge in [0, 0.05) is 13.1 Å². The predicted octanol–water partition coefficient (Wildman–Crippen LogP) is 4.17. The van der Waals surface area contributed by atoms with E-state index in [9.17, 15) is 10.2 Å². The predicted molar refractivity (Wildman–Crippen MR) is 126 cm³/mol. The molecule has 0 bridgehead atoms. The third kappa shape index (κ3) is 4.59. The van der Waals surface area contributed by atoms with Crippen molar-refractivity contribution in [1.82, 2.24) is 10.2 Å². The number of thiocarbonyl (C=S) groups is 1. The van der Waals surface area contributed by atoms with Gasteiger partial charge in [0.15, 0.2) is 16.6 Å². The van der Waals surface area contributed by atoms with Crippen LogP contribution in [0.1, 0.15) is 28.3 Å². The SMILES string of the molecule is COc1ccc(CCNC(=S)N2CCc3cc(O)c(O)cc3C2c2ccccc2)cc1. The summed E-state index contributed by atoms with van der Waals surface area (Å²) in [5.74, 6) is 0.651. The van der Waals surface area contributed by atoms with E-state index in [2.05, 4.69) is 34.5 Å². The minimum absolute atomic E-state index is 0.0841. The van der Waals surface area contributed by atoms with Gasteiger partial charge in [-0.15, -0.1) is 0 Å². The Morgan fingerprint density at radius 2 is 1.77 bits per heavy atom. The van der Waals surface area contributed by atoms with Gasteiger partial charge in [0.25, 0.3) is 0 Å². The number of hydrogen-bond acceptors (Lipinski definition) is 4. The lowest BCUT2D eigenvalue weighted by molar-refractivity contribution is 0.329. The Hall–Kier alpha value is -3.25. The van der Waals surface area contributed by atoms with Crippen molar-refractivity contribution in [2.45, 2.75) is 18.9 Å². The average Bonchev–Trinajstić information content (AvgIpc) is 2.80. The van der Waals surface area contributed by atoms with E-state index in [1.165, 1.54) is 5.56 Å². The van der Waals surface area contributed by atoms with E-state index in [0.29, 0.717) is 5.11 Å². The van der Waals surface area contributed by atoms with E-state index in [-0.39, 0.29) is 17.5 Å². The van der Waals surface area contributed by atoms with Gasteiger partial charge in [0.05, 0.1) is 13.2 Å². The molecule has 3 aromatic rings. The molecule has 160 valence electrons. The minimum Gasteiger partial charge on any atom is -0.504 e. The zero-order valence-electron chi connectivity index (χ0n) is 17.4. The number of methoxy groups -OCH3 is 1. The average molecular weight is 435 g/mol. The van der Waals surface area contributed by atoms with E-state index in [4.69, 9.17) is 17.0 Å². The maximum atomic E-state index is 10.1. The number of rotatable bonds is 5. The Kier molecular flexibility index (Phi) is 6.28. The van der Waals surface area contributed by atoms with Crippen LogP contribution < -0.4 is 10.1 Å². The topological polar surface area (TPSA) is 65.0 Å². The Balaban J connectivity index is 1.52. The quantitative estimate of drug-likeness (QED) is 0.414. The second-order valence-electron chi connectivity index (χ2n) is 7.63. The first-order chi connectivity index (χ1) is 15.1. The lowest BCUT2D eigenvalue weighted by atomic mass is 9.88. The molecule has 1 aliphatic heterocycles. The van der Waals surface area contributed by atoms with Gasteiger partial charge in [-0.25, -0.2) is 0 Å². The molecule has 0 radical (unpaired) electrons. The highest BCUT2D eigenvalue weighted by Gasteiger charge is 2.31. The van der Waals surface area contributed by atoms with Gasteiger partial charge in [0.2, 0.25) is 0 Å². The number of phenolic OH excluding ortho intramolecular Hbond substituents is 2. The molecule has 0 aromatic heterocycles. The fraction of sp³-hybridized carbons (Fsp3) is 0.240. The molecule has 1 heterocycles. The molecule has 0 amide bonds. The lowest BCUT2D eigenvalue weighted by Crippen LogP contribution is -2.46. The van der Waals surface area contributed by atoms with Gasteiger partial charge < -0.3 is 25.2 Å². The van der Waals surface area contributed by atoms with E-state index in [0.717, 1.165) is 48.4 Å². The summed E-state index contributed by atoms with van der Waals surface area (Å²) in [5, 5.41) is 24.2. The van der Waals surface area contributed by atoms with Gasteiger partial charge in [-0.1, -0.05) is 42.5 Å². The third-order valence-electron chi connectivity index (χ3n) is 5.69. The van der Waals surface area contributed by atoms with Crippen LogP contribution in [-0.2, 0) is 12.8 Å². The van der Waals surface area contributed by atoms with Gasteiger partial charge in [-0.05, 0) is 71.6 Å². The Morgan fingerprint density at radius 3 is 2.48 bits per heavy atom. The molecule has 1 unspecified atom stereocenters. The summed E-state index contributed by atoms with van der Waals surface area (Å²) in [4.78, 5) is 2.16. The van der Waals surface area contributed by atoms with Crippen LogP contribution in [-0.4, -0.2) is 40.4 Å². The highest BCUT2D eigenvalue weighted by Crippen LogP contribution is 2.40. The zero-order chi connectivity index (χ0) is 21.8. The first-order valence-corrected chi connectivity index (χ1v) is 10.7. The number of benzene rings is 3. The van der Waals surface area contributed by atoms with Crippen molar-refractivity contribution in [2.24, 2.45) is 0 Å². The van der Waals surface area contributed by atoms with Crippen molar-refractivity contribution < 1.29 is 14.9 Å². The standard InChI is InChI=1S/C25H26N2O3S/c1-30-20-9-7-17(8-10-20)11-13-26-25(31)27-14-12-19-15-22(28)23(29)16-21(19)24(27)18-5-3-2-4-6-18/h2-10,15-16,24,28-29H,11-14H2,1H3,(H,26,31). The number of hydrogen-bond donors (Lipinski definition) is 3. The molecule has 3 aromatic carbocycles. The summed E-state index contributed by atoms with van der Waals surface area (Å²) in [6.07, 6.45) is 1.59. The van der Waals surface area contributed by atoms with Crippen molar-refractivity contribution >= 4 is 17.3 Å². The number of nitrogens with zero attached hydrogens (tertiary/aromatic N) is 1. The summed E-state index contributed by atoms with van der Waals surface area (Å²) in [6.45, 7) is 1.45. The van der Waals surface area contributed by atoms with E-state index >= 15 is 0 Å². The van der Waals surface area contributed by atoms with Crippen molar-refractivity contribution in [3.63, 3.8) is 0 Å². The molecule has 0 saturated carbocycles.